The van der Waals surface area contributed by atoms with Crippen LogP contribution in [-0.2, 0) is 14.4 Å². The standard InChI is InChI=1S/C24H18FNO5/c25-17-7-3-13(4-8-17)22(28)14-5-9-18(10-6-14)31-19(27)12-26-23(29)20-15-1-2-16(11-15)21(20)24(26)30/h1-10,15-16,20-21H,11-12H2. The number of ether oxygens (including phenoxy) is 1. The second-order valence-electron chi connectivity index (χ2n) is 8.10. The second kappa shape index (κ2) is 7.27. The summed E-state index contributed by atoms with van der Waals surface area (Å²) >= 11 is 0. The topological polar surface area (TPSA) is 80.8 Å². The summed E-state index contributed by atoms with van der Waals surface area (Å²) in [6, 6.07) is 11.1. The van der Waals surface area contributed by atoms with Crippen LogP contribution >= 0.6 is 0 Å². The summed E-state index contributed by atoms with van der Waals surface area (Å²) in [7, 11) is 0. The number of likely N-dealkylation sites (tertiary alicyclic amines) is 1. The molecule has 2 aromatic carbocycles. The minimum atomic E-state index is -0.723. The van der Waals surface area contributed by atoms with E-state index in [4.69, 9.17) is 4.74 Å². The first-order valence-corrected chi connectivity index (χ1v) is 10.1. The predicted octanol–water partition coefficient (Wildman–Crippen LogP) is 2.77. The van der Waals surface area contributed by atoms with Crippen molar-refractivity contribution in [1.29, 1.82) is 0 Å². The molecule has 1 saturated carbocycles. The molecule has 1 saturated heterocycles. The van der Waals surface area contributed by atoms with E-state index in [-0.39, 0.29) is 47.0 Å². The molecule has 1 aliphatic heterocycles. The quantitative estimate of drug-likeness (QED) is 0.245. The average molecular weight is 419 g/mol. The molecule has 2 bridgehead atoms. The molecule has 4 atom stereocenters. The van der Waals surface area contributed by atoms with Crippen molar-refractivity contribution in [2.45, 2.75) is 6.42 Å². The summed E-state index contributed by atoms with van der Waals surface area (Å²) in [5.74, 6) is -2.40. The summed E-state index contributed by atoms with van der Waals surface area (Å²) < 4.78 is 18.3. The van der Waals surface area contributed by atoms with Gasteiger partial charge < -0.3 is 4.74 Å². The smallest absolute Gasteiger partial charge is 0.331 e. The van der Waals surface area contributed by atoms with E-state index in [0.29, 0.717) is 11.1 Å². The number of benzene rings is 2. The van der Waals surface area contributed by atoms with E-state index in [2.05, 4.69) is 0 Å². The van der Waals surface area contributed by atoms with Crippen molar-refractivity contribution < 1.29 is 28.3 Å². The van der Waals surface area contributed by atoms with Crippen molar-refractivity contribution >= 4 is 23.6 Å². The van der Waals surface area contributed by atoms with Crippen molar-refractivity contribution in [1.82, 2.24) is 4.90 Å². The zero-order valence-electron chi connectivity index (χ0n) is 16.4. The van der Waals surface area contributed by atoms with Crippen molar-refractivity contribution in [2.24, 2.45) is 23.7 Å². The van der Waals surface area contributed by atoms with Gasteiger partial charge in [-0.25, -0.2) is 9.18 Å². The third kappa shape index (κ3) is 3.26. The van der Waals surface area contributed by atoms with E-state index >= 15 is 0 Å². The van der Waals surface area contributed by atoms with Crippen molar-refractivity contribution in [3.05, 3.63) is 77.6 Å². The fourth-order valence-corrected chi connectivity index (χ4v) is 4.86. The molecule has 2 aliphatic carbocycles. The number of halogens is 1. The van der Waals surface area contributed by atoms with E-state index in [1.165, 1.54) is 48.5 Å². The highest BCUT2D eigenvalue weighted by molar-refractivity contribution is 6.09. The Bertz CT molecular complexity index is 1090. The lowest BCUT2D eigenvalue weighted by Gasteiger charge is -2.16. The molecular formula is C24H18FNO5. The van der Waals surface area contributed by atoms with Crippen LogP contribution in [0.3, 0.4) is 0 Å². The lowest BCUT2D eigenvalue weighted by Crippen LogP contribution is -2.38. The monoisotopic (exact) mass is 419 g/mol. The molecule has 31 heavy (non-hydrogen) atoms. The van der Waals surface area contributed by atoms with Crippen LogP contribution in [0.1, 0.15) is 22.3 Å². The maximum Gasteiger partial charge on any atom is 0.331 e. The van der Waals surface area contributed by atoms with Crippen LogP contribution in [0.5, 0.6) is 5.75 Å². The lowest BCUT2D eigenvalue weighted by atomic mass is 9.85. The minimum absolute atomic E-state index is 0.0821. The zero-order chi connectivity index (χ0) is 21.7. The number of fused-ring (bicyclic) bond motifs is 5. The number of hydrogen-bond acceptors (Lipinski definition) is 5. The Morgan fingerprint density at radius 2 is 1.39 bits per heavy atom. The number of allylic oxidation sites excluding steroid dienone is 2. The van der Waals surface area contributed by atoms with Gasteiger partial charge in [0.15, 0.2) is 5.78 Å². The van der Waals surface area contributed by atoms with Gasteiger partial charge in [0.05, 0.1) is 11.8 Å². The summed E-state index contributed by atoms with van der Waals surface area (Å²) in [6.45, 7) is -0.430. The third-order valence-corrected chi connectivity index (χ3v) is 6.30. The van der Waals surface area contributed by atoms with E-state index in [1.54, 1.807) is 0 Å². The highest BCUT2D eigenvalue weighted by Gasteiger charge is 2.59. The van der Waals surface area contributed by atoms with Crippen LogP contribution < -0.4 is 4.74 Å². The van der Waals surface area contributed by atoms with Gasteiger partial charge in [0.1, 0.15) is 18.1 Å². The third-order valence-electron chi connectivity index (χ3n) is 6.30. The van der Waals surface area contributed by atoms with Crippen LogP contribution in [-0.4, -0.2) is 35.0 Å². The van der Waals surface area contributed by atoms with Gasteiger partial charge in [-0.1, -0.05) is 12.2 Å². The molecule has 3 aliphatic rings. The molecule has 0 aromatic heterocycles. The van der Waals surface area contributed by atoms with E-state index in [0.717, 1.165) is 11.3 Å². The van der Waals surface area contributed by atoms with Gasteiger partial charge in [0.25, 0.3) is 0 Å². The van der Waals surface area contributed by atoms with E-state index in [9.17, 15) is 23.6 Å². The summed E-state index contributed by atoms with van der Waals surface area (Å²) in [5, 5.41) is 0. The molecule has 4 unspecified atom stereocenters. The fourth-order valence-electron chi connectivity index (χ4n) is 4.86. The van der Waals surface area contributed by atoms with Gasteiger partial charge in [0, 0.05) is 11.1 Å². The first-order chi connectivity index (χ1) is 14.9. The number of carbonyl (C=O) groups is 4. The molecule has 0 spiro atoms. The summed E-state index contributed by atoms with van der Waals surface area (Å²) in [5.41, 5.74) is 0.693. The molecule has 2 amide bonds. The maximum absolute atomic E-state index is 13.0. The van der Waals surface area contributed by atoms with Crippen molar-refractivity contribution in [3.63, 3.8) is 0 Å². The van der Waals surface area contributed by atoms with Gasteiger partial charge in [-0.3, -0.25) is 19.3 Å². The minimum Gasteiger partial charge on any atom is -0.425 e. The number of esters is 1. The Morgan fingerprint density at radius 3 is 1.94 bits per heavy atom. The molecule has 156 valence electrons. The zero-order valence-corrected chi connectivity index (χ0v) is 16.4. The maximum atomic E-state index is 13.0. The Kier molecular flexibility index (Phi) is 4.54. The highest BCUT2D eigenvalue weighted by atomic mass is 19.1. The van der Waals surface area contributed by atoms with Gasteiger partial charge in [0.2, 0.25) is 11.8 Å². The van der Waals surface area contributed by atoms with Gasteiger partial charge >= 0.3 is 5.97 Å². The first-order valence-electron chi connectivity index (χ1n) is 10.1. The van der Waals surface area contributed by atoms with Gasteiger partial charge in [-0.15, -0.1) is 0 Å². The molecule has 0 N–H and O–H groups in total. The average Bonchev–Trinajstić information content (AvgIpc) is 3.45. The molecular weight excluding hydrogens is 401 g/mol. The molecule has 7 heteroatoms. The lowest BCUT2D eigenvalue weighted by molar-refractivity contribution is -0.148. The number of imide groups is 1. The molecule has 0 radical (unpaired) electrons. The van der Waals surface area contributed by atoms with Crippen LogP contribution in [0, 0.1) is 29.5 Å². The molecule has 2 aromatic rings. The van der Waals surface area contributed by atoms with Crippen LogP contribution in [0.4, 0.5) is 4.39 Å². The first kappa shape index (κ1) is 19.4. The fraction of sp³-hybridized carbons (Fsp3) is 0.250. The SMILES string of the molecule is O=C(CN1C(=O)C2C3C=CC(C3)C2C1=O)Oc1ccc(C(=O)c2ccc(F)cc2)cc1. The molecule has 6 nitrogen and oxygen atoms in total. The molecule has 1 heterocycles. The Hall–Kier alpha value is -3.61. The number of ketones is 1. The van der Waals surface area contributed by atoms with Crippen LogP contribution in [0.15, 0.2) is 60.7 Å². The van der Waals surface area contributed by atoms with Crippen LogP contribution in [0.2, 0.25) is 0 Å². The Morgan fingerprint density at radius 1 is 0.871 bits per heavy atom. The van der Waals surface area contributed by atoms with E-state index < -0.39 is 18.3 Å². The largest absolute Gasteiger partial charge is 0.425 e. The molecule has 5 rings (SSSR count). The molecule has 2 fully saturated rings. The predicted molar refractivity (Wildman–Crippen MR) is 106 cm³/mol. The Labute approximate surface area is 177 Å². The summed E-state index contributed by atoms with van der Waals surface area (Å²) in [4.78, 5) is 51.1. The number of rotatable bonds is 5. The number of carbonyl (C=O) groups excluding carboxylic acids is 4. The summed E-state index contributed by atoms with van der Waals surface area (Å²) in [6.07, 6.45) is 4.81. The van der Waals surface area contributed by atoms with Crippen molar-refractivity contribution in [3.8, 4) is 5.75 Å². The Balaban J connectivity index is 1.22. The van der Waals surface area contributed by atoms with Crippen LogP contribution in [0.25, 0.3) is 0 Å². The second-order valence-corrected chi connectivity index (χ2v) is 8.10. The number of nitrogens with zero attached hydrogens (tertiary/aromatic N) is 1. The van der Waals surface area contributed by atoms with Gasteiger partial charge in [-0.2, -0.15) is 0 Å². The van der Waals surface area contributed by atoms with Crippen molar-refractivity contribution in [2.75, 3.05) is 6.54 Å². The van der Waals surface area contributed by atoms with E-state index in [1.807, 2.05) is 12.2 Å². The highest BCUT2D eigenvalue weighted by Crippen LogP contribution is 2.52. The number of hydrogen-bond donors (Lipinski definition) is 0. The number of amides is 2. The van der Waals surface area contributed by atoms with Gasteiger partial charge in [-0.05, 0) is 66.8 Å². The normalized spacial score (nSPS) is 25.8.